The van der Waals surface area contributed by atoms with Crippen LogP contribution in [0.3, 0.4) is 0 Å². The molecule has 0 aliphatic carbocycles. The fourth-order valence-electron chi connectivity index (χ4n) is 2.02. The van der Waals surface area contributed by atoms with Crippen molar-refractivity contribution in [2.75, 3.05) is 11.5 Å². The quantitative estimate of drug-likeness (QED) is 0.721. The Balaban J connectivity index is 3.07. The van der Waals surface area contributed by atoms with Crippen molar-refractivity contribution >= 4 is 40.8 Å². The van der Waals surface area contributed by atoms with Gasteiger partial charge >= 0.3 is 5.97 Å². The number of esters is 1. The summed E-state index contributed by atoms with van der Waals surface area (Å²) in [5.74, 6) is -0.443. The van der Waals surface area contributed by atoms with Crippen LogP contribution in [0.4, 0.5) is 5.69 Å². The lowest BCUT2D eigenvalue weighted by Crippen LogP contribution is -2.45. The number of halogens is 2. The Kier molecular flexibility index (Phi) is 7.17. The van der Waals surface area contributed by atoms with Crippen LogP contribution in [0.5, 0.6) is 0 Å². The van der Waals surface area contributed by atoms with Crippen molar-refractivity contribution in [2.24, 2.45) is 5.92 Å². The molecule has 0 aromatic heterocycles. The van der Waals surface area contributed by atoms with E-state index in [0.29, 0.717) is 28.8 Å². The minimum atomic E-state index is -0.687. The number of nitrogens with zero attached hydrogens (tertiary/aromatic N) is 1. The van der Waals surface area contributed by atoms with Crippen LogP contribution in [-0.2, 0) is 14.3 Å². The molecule has 0 aliphatic rings. The molecule has 0 aliphatic heterocycles. The zero-order chi connectivity index (χ0) is 16.9. The highest BCUT2D eigenvalue weighted by Crippen LogP contribution is 2.29. The maximum atomic E-state index is 12.3. The Hall–Kier alpha value is -1.26. The summed E-state index contributed by atoms with van der Waals surface area (Å²) in [7, 11) is 0. The molecule has 6 heteroatoms. The molecule has 0 radical (unpaired) electrons. The van der Waals surface area contributed by atoms with Gasteiger partial charge in [0.25, 0.3) is 0 Å². The predicted octanol–water partition coefficient (Wildman–Crippen LogP) is 4.32. The number of anilines is 1. The van der Waals surface area contributed by atoms with E-state index >= 15 is 0 Å². The third-order valence-electron chi connectivity index (χ3n) is 3.05. The Labute approximate surface area is 141 Å². The largest absolute Gasteiger partial charge is 0.464 e. The normalized spacial score (nSPS) is 12.1. The van der Waals surface area contributed by atoms with Crippen molar-refractivity contribution in [2.45, 2.75) is 40.2 Å². The molecule has 0 bridgehead atoms. The van der Waals surface area contributed by atoms with E-state index in [-0.39, 0.29) is 11.8 Å². The van der Waals surface area contributed by atoms with E-state index in [9.17, 15) is 9.59 Å². The van der Waals surface area contributed by atoms with E-state index in [1.165, 1.54) is 11.8 Å². The molecule has 1 unspecified atom stereocenters. The van der Waals surface area contributed by atoms with Gasteiger partial charge in [0.1, 0.15) is 6.04 Å². The van der Waals surface area contributed by atoms with Gasteiger partial charge in [0.15, 0.2) is 0 Å². The smallest absolute Gasteiger partial charge is 0.329 e. The molecular weight excluding hydrogens is 325 g/mol. The van der Waals surface area contributed by atoms with Gasteiger partial charge < -0.3 is 4.74 Å². The van der Waals surface area contributed by atoms with Gasteiger partial charge in [-0.05, 0) is 30.5 Å². The van der Waals surface area contributed by atoms with Gasteiger partial charge in [0.2, 0.25) is 5.91 Å². The van der Waals surface area contributed by atoms with Crippen LogP contribution in [0.1, 0.15) is 34.1 Å². The van der Waals surface area contributed by atoms with Crippen molar-refractivity contribution in [1.82, 2.24) is 0 Å². The van der Waals surface area contributed by atoms with Crippen molar-refractivity contribution in [3.8, 4) is 0 Å². The molecule has 0 fully saturated rings. The van der Waals surface area contributed by atoms with Crippen LogP contribution in [0.25, 0.3) is 0 Å². The van der Waals surface area contributed by atoms with Crippen LogP contribution < -0.4 is 4.90 Å². The molecule has 1 rings (SSSR count). The van der Waals surface area contributed by atoms with E-state index in [1.807, 2.05) is 20.8 Å². The van der Waals surface area contributed by atoms with Crippen molar-refractivity contribution in [1.29, 1.82) is 0 Å². The minimum Gasteiger partial charge on any atom is -0.464 e. The highest BCUT2D eigenvalue weighted by molar-refractivity contribution is 6.42. The van der Waals surface area contributed by atoms with E-state index in [2.05, 4.69) is 0 Å². The highest BCUT2D eigenvalue weighted by atomic mass is 35.5. The van der Waals surface area contributed by atoms with Gasteiger partial charge in [0, 0.05) is 12.6 Å². The molecule has 0 saturated carbocycles. The highest BCUT2D eigenvalue weighted by Gasteiger charge is 2.29. The summed E-state index contributed by atoms with van der Waals surface area (Å²) >= 11 is 11.9. The van der Waals surface area contributed by atoms with Crippen molar-refractivity contribution in [3.05, 3.63) is 28.2 Å². The Morgan fingerprint density at radius 1 is 1.23 bits per heavy atom. The fourth-order valence-corrected chi connectivity index (χ4v) is 2.31. The number of hydrogen-bond acceptors (Lipinski definition) is 3. The number of benzene rings is 1. The van der Waals surface area contributed by atoms with Gasteiger partial charge in [-0.15, -0.1) is 0 Å². The molecular formula is C16H21Cl2NO3. The van der Waals surface area contributed by atoms with E-state index < -0.39 is 12.0 Å². The predicted molar refractivity (Wildman–Crippen MR) is 89.5 cm³/mol. The first-order valence-electron chi connectivity index (χ1n) is 7.19. The summed E-state index contributed by atoms with van der Waals surface area (Å²) in [6, 6.07) is 4.15. The number of hydrogen-bond donors (Lipinski definition) is 0. The zero-order valence-corrected chi connectivity index (χ0v) is 14.7. The Bertz CT molecular complexity index is 546. The summed E-state index contributed by atoms with van der Waals surface area (Å²) in [6.45, 7) is 7.46. The van der Waals surface area contributed by atoms with Crippen LogP contribution in [0, 0.1) is 5.92 Å². The van der Waals surface area contributed by atoms with E-state index in [4.69, 9.17) is 27.9 Å². The standard InChI is InChI=1S/C16H21Cl2NO3/c1-5-15(16(21)22-9-10(2)3)19(11(4)20)12-6-7-13(17)14(18)8-12/h6-8,10,15H,5,9H2,1-4H3. The second kappa shape index (κ2) is 8.39. The molecule has 0 N–H and O–H groups in total. The Morgan fingerprint density at radius 3 is 2.32 bits per heavy atom. The van der Waals surface area contributed by atoms with Crippen LogP contribution in [0.2, 0.25) is 10.0 Å². The lowest BCUT2D eigenvalue weighted by atomic mass is 10.1. The first-order valence-corrected chi connectivity index (χ1v) is 7.95. The van der Waals surface area contributed by atoms with Crippen LogP contribution in [0.15, 0.2) is 18.2 Å². The van der Waals surface area contributed by atoms with Crippen molar-refractivity contribution in [3.63, 3.8) is 0 Å². The molecule has 1 aromatic rings. The molecule has 1 amide bonds. The van der Waals surface area contributed by atoms with Gasteiger partial charge in [-0.25, -0.2) is 4.79 Å². The number of carbonyl (C=O) groups is 2. The fraction of sp³-hybridized carbons (Fsp3) is 0.500. The molecule has 4 nitrogen and oxygen atoms in total. The average Bonchev–Trinajstić information content (AvgIpc) is 2.44. The topological polar surface area (TPSA) is 46.6 Å². The van der Waals surface area contributed by atoms with E-state index in [1.54, 1.807) is 18.2 Å². The molecule has 0 heterocycles. The summed E-state index contributed by atoms with van der Waals surface area (Å²) in [5.41, 5.74) is 0.523. The zero-order valence-electron chi connectivity index (χ0n) is 13.2. The van der Waals surface area contributed by atoms with Gasteiger partial charge in [-0.1, -0.05) is 44.0 Å². The number of amides is 1. The van der Waals surface area contributed by atoms with E-state index in [0.717, 1.165) is 0 Å². The Morgan fingerprint density at radius 2 is 1.86 bits per heavy atom. The number of carbonyl (C=O) groups excluding carboxylic acids is 2. The third-order valence-corrected chi connectivity index (χ3v) is 3.79. The van der Waals surface area contributed by atoms with Gasteiger partial charge in [-0.3, -0.25) is 9.69 Å². The third kappa shape index (κ3) is 4.89. The first-order chi connectivity index (χ1) is 10.3. The summed E-state index contributed by atoms with van der Waals surface area (Å²) < 4.78 is 5.27. The minimum absolute atomic E-state index is 0.234. The van der Waals surface area contributed by atoms with Gasteiger partial charge in [0.05, 0.1) is 16.7 Å². The SMILES string of the molecule is CCC(C(=O)OCC(C)C)N(C(C)=O)c1ccc(Cl)c(Cl)c1. The van der Waals surface area contributed by atoms with Crippen LogP contribution in [-0.4, -0.2) is 24.5 Å². The summed E-state index contributed by atoms with van der Waals surface area (Å²) in [5, 5.41) is 0.722. The molecule has 1 aromatic carbocycles. The molecule has 0 saturated heterocycles. The van der Waals surface area contributed by atoms with Crippen LogP contribution >= 0.6 is 23.2 Å². The molecule has 122 valence electrons. The monoisotopic (exact) mass is 345 g/mol. The second-order valence-electron chi connectivity index (χ2n) is 5.44. The summed E-state index contributed by atoms with van der Waals surface area (Å²) in [6.07, 6.45) is 0.441. The number of rotatable bonds is 6. The maximum Gasteiger partial charge on any atom is 0.329 e. The first kappa shape index (κ1) is 18.8. The van der Waals surface area contributed by atoms with Gasteiger partial charge in [-0.2, -0.15) is 0 Å². The molecule has 1 atom stereocenters. The molecule has 0 spiro atoms. The lowest BCUT2D eigenvalue weighted by Gasteiger charge is -2.29. The number of ether oxygens (including phenoxy) is 1. The maximum absolute atomic E-state index is 12.3. The summed E-state index contributed by atoms with van der Waals surface area (Å²) in [4.78, 5) is 25.7. The lowest BCUT2D eigenvalue weighted by molar-refractivity contribution is -0.147. The molecule has 22 heavy (non-hydrogen) atoms. The second-order valence-corrected chi connectivity index (χ2v) is 6.25. The van der Waals surface area contributed by atoms with Crippen molar-refractivity contribution < 1.29 is 14.3 Å². The average molecular weight is 346 g/mol.